The van der Waals surface area contributed by atoms with Crippen LogP contribution in [0, 0.1) is 0 Å². The first kappa shape index (κ1) is 25.2. The van der Waals surface area contributed by atoms with Crippen LogP contribution in [0.25, 0.3) is 6.08 Å². The minimum atomic E-state index is -0.280. The van der Waals surface area contributed by atoms with Crippen molar-refractivity contribution in [3.63, 3.8) is 0 Å². The third-order valence-corrected chi connectivity index (χ3v) is 5.62. The number of rotatable bonds is 14. The Hall–Kier alpha value is -3.44. The summed E-state index contributed by atoms with van der Waals surface area (Å²) in [6, 6.07) is 19.4. The number of carbonyl (C=O) groups excluding carboxylic acids is 1. The highest BCUT2D eigenvalue weighted by molar-refractivity contribution is 5.99. The number of pyridine rings is 1. The zero-order chi connectivity index (χ0) is 23.8. The summed E-state index contributed by atoms with van der Waals surface area (Å²) in [6.45, 7) is 3.14. The van der Waals surface area contributed by atoms with Crippen LogP contribution in [0.1, 0.15) is 72.5 Å². The monoisotopic (exact) mass is 457 g/mol. The van der Waals surface area contributed by atoms with Crippen molar-refractivity contribution in [3.05, 3.63) is 101 Å². The lowest BCUT2D eigenvalue weighted by Gasteiger charge is -2.13. The number of aromatic nitrogens is 1. The molecule has 0 radical (unpaired) electrons. The van der Waals surface area contributed by atoms with Gasteiger partial charge in [-0.1, -0.05) is 81.2 Å². The number of para-hydroxylation sites is 1. The number of anilines is 1. The highest BCUT2D eigenvalue weighted by atomic mass is 16.6. The normalized spacial score (nSPS) is 11.0. The molecule has 3 rings (SSSR count). The Morgan fingerprint density at radius 3 is 2.56 bits per heavy atom. The van der Waals surface area contributed by atoms with E-state index in [0.29, 0.717) is 18.7 Å². The molecular formula is C29H35N3O2. The van der Waals surface area contributed by atoms with Gasteiger partial charge in [-0.3, -0.25) is 14.6 Å². The van der Waals surface area contributed by atoms with E-state index in [9.17, 15) is 4.79 Å². The van der Waals surface area contributed by atoms with Crippen LogP contribution >= 0.6 is 0 Å². The quantitative estimate of drug-likeness (QED) is 0.203. The summed E-state index contributed by atoms with van der Waals surface area (Å²) in [5, 5.41) is 3.32. The van der Waals surface area contributed by atoms with Gasteiger partial charge in [0.25, 0.3) is 5.91 Å². The molecule has 2 aromatic carbocycles. The van der Waals surface area contributed by atoms with Crippen LogP contribution in [0.2, 0.25) is 0 Å². The second kappa shape index (κ2) is 14.7. The summed E-state index contributed by atoms with van der Waals surface area (Å²) in [6.07, 6.45) is 15.4. The van der Waals surface area contributed by atoms with Gasteiger partial charge in [0.2, 0.25) is 0 Å². The molecule has 5 heteroatoms. The van der Waals surface area contributed by atoms with E-state index in [4.69, 9.17) is 4.84 Å². The van der Waals surface area contributed by atoms with Gasteiger partial charge in [0, 0.05) is 24.6 Å². The zero-order valence-electron chi connectivity index (χ0n) is 20.0. The molecule has 0 spiro atoms. The van der Waals surface area contributed by atoms with Gasteiger partial charge in [-0.15, -0.1) is 0 Å². The number of unbranched alkanes of at least 4 members (excludes halogenated alkanes) is 5. The number of allylic oxidation sites excluding steroid dienone is 1. The number of hydrogen-bond acceptors (Lipinski definition) is 4. The smallest absolute Gasteiger partial charge is 0.276 e. The van der Waals surface area contributed by atoms with Gasteiger partial charge in [0.05, 0.1) is 5.56 Å². The minimum absolute atomic E-state index is 0.280. The number of nitrogens with one attached hydrogen (secondary N) is 2. The van der Waals surface area contributed by atoms with Crippen molar-refractivity contribution in [1.29, 1.82) is 0 Å². The lowest BCUT2D eigenvalue weighted by Crippen LogP contribution is -2.24. The second-order valence-electron chi connectivity index (χ2n) is 8.28. The Morgan fingerprint density at radius 1 is 0.941 bits per heavy atom. The molecule has 1 amide bonds. The van der Waals surface area contributed by atoms with Crippen molar-refractivity contribution in [2.45, 2.75) is 58.6 Å². The predicted octanol–water partition coefficient (Wildman–Crippen LogP) is 6.93. The van der Waals surface area contributed by atoms with Gasteiger partial charge in [-0.25, -0.2) is 5.48 Å². The number of carbonyl (C=O) groups is 1. The molecule has 178 valence electrons. The standard InChI is InChI=1S/C29H35N3O2/c1-2-3-4-5-6-7-8-13-25-14-9-10-15-26(25)23-34-32-29(33)27-16-11-12-17-28(27)31-22-24-18-20-30-21-19-24/h8-21,31H,2-7,22-23H2,1H3,(H,32,33)/b13-8+. The Balaban J connectivity index is 1.50. The average molecular weight is 458 g/mol. The maximum Gasteiger partial charge on any atom is 0.276 e. The number of amides is 1. The third kappa shape index (κ3) is 8.49. The summed E-state index contributed by atoms with van der Waals surface area (Å²) in [4.78, 5) is 22.4. The van der Waals surface area contributed by atoms with E-state index < -0.39 is 0 Å². The molecule has 0 aliphatic carbocycles. The largest absolute Gasteiger partial charge is 0.380 e. The van der Waals surface area contributed by atoms with Crippen LogP contribution < -0.4 is 10.8 Å². The van der Waals surface area contributed by atoms with Gasteiger partial charge >= 0.3 is 0 Å². The van der Waals surface area contributed by atoms with Gasteiger partial charge in [-0.2, -0.15) is 0 Å². The fourth-order valence-electron chi connectivity index (χ4n) is 3.67. The lowest BCUT2D eigenvalue weighted by molar-refractivity contribution is 0.0233. The number of nitrogens with zero attached hydrogens (tertiary/aromatic N) is 1. The van der Waals surface area contributed by atoms with Crippen LogP contribution in [0.5, 0.6) is 0 Å². The Kier molecular flexibility index (Phi) is 10.9. The van der Waals surface area contributed by atoms with Crippen molar-refractivity contribution in [3.8, 4) is 0 Å². The maximum atomic E-state index is 12.8. The molecule has 3 aromatic rings. The summed E-state index contributed by atoms with van der Waals surface area (Å²) in [5.41, 5.74) is 7.13. The molecular weight excluding hydrogens is 422 g/mol. The molecule has 0 aliphatic rings. The molecule has 0 saturated carbocycles. The number of hydroxylamine groups is 1. The molecule has 1 heterocycles. The fraction of sp³-hybridized carbons (Fsp3) is 0.310. The van der Waals surface area contributed by atoms with Crippen molar-refractivity contribution in [2.24, 2.45) is 0 Å². The Bertz CT molecular complexity index is 1030. The van der Waals surface area contributed by atoms with Crippen LogP contribution in [0.4, 0.5) is 5.69 Å². The highest BCUT2D eigenvalue weighted by Gasteiger charge is 2.11. The van der Waals surface area contributed by atoms with Crippen LogP contribution in [-0.4, -0.2) is 10.9 Å². The first-order chi connectivity index (χ1) is 16.8. The van der Waals surface area contributed by atoms with E-state index in [1.165, 1.54) is 32.1 Å². The second-order valence-corrected chi connectivity index (χ2v) is 8.28. The van der Waals surface area contributed by atoms with E-state index in [2.05, 4.69) is 40.9 Å². The van der Waals surface area contributed by atoms with Gasteiger partial charge < -0.3 is 5.32 Å². The summed E-state index contributed by atoms with van der Waals surface area (Å²) < 4.78 is 0. The van der Waals surface area contributed by atoms with Crippen LogP contribution in [0.3, 0.4) is 0 Å². The van der Waals surface area contributed by atoms with Gasteiger partial charge in [0.1, 0.15) is 6.61 Å². The number of benzene rings is 2. The third-order valence-electron chi connectivity index (χ3n) is 5.62. The molecule has 0 atom stereocenters. The van der Waals surface area contributed by atoms with Crippen molar-refractivity contribution in [2.75, 3.05) is 5.32 Å². The molecule has 0 fully saturated rings. The van der Waals surface area contributed by atoms with E-state index in [-0.39, 0.29) is 5.91 Å². The van der Waals surface area contributed by atoms with Crippen molar-refractivity contribution >= 4 is 17.7 Å². The molecule has 0 bridgehead atoms. The molecule has 34 heavy (non-hydrogen) atoms. The first-order valence-corrected chi connectivity index (χ1v) is 12.2. The highest BCUT2D eigenvalue weighted by Crippen LogP contribution is 2.17. The van der Waals surface area contributed by atoms with E-state index in [1.807, 2.05) is 48.5 Å². The van der Waals surface area contributed by atoms with Crippen molar-refractivity contribution < 1.29 is 9.63 Å². The molecule has 5 nitrogen and oxygen atoms in total. The molecule has 0 unspecified atom stereocenters. The minimum Gasteiger partial charge on any atom is -0.380 e. The van der Waals surface area contributed by atoms with Crippen LogP contribution in [0.15, 0.2) is 79.1 Å². The number of hydrogen-bond donors (Lipinski definition) is 2. The van der Waals surface area contributed by atoms with E-state index >= 15 is 0 Å². The average Bonchev–Trinajstić information content (AvgIpc) is 2.88. The van der Waals surface area contributed by atoms with Crippen molar-refractivity contribution in [1.82, 2.24) is 10.5 Å². The summed E-state index contributed by atoms with van der Waals surface area (Å²) >= 11 is 0. The van der Waals surface area contributed by atoms with E-state index in [1.54, 1.807) is 18.5 Å². The van der Waals surface area contributed by atoms with Gasteiger partial charge in [0.15, 0.2) is 0 Å². The SMILES string of the molecule is CCCCCCC/C=C/c1ccccc1CONC(=O)c1ccccc1NCc1ccncc1. The maximum absolute atomic E-state index is 12.8. The van der Waals surface area contributed by atoms with Gasteiger partial charge in [-0.05, 0) is 53.8 Å². The summed E-state index contributed by atoms with van der Waals surface area (Å²) in [7, 11) is 0. The summed E-state index contributed by atoms with van der Waals surface area (Å²) in [5.74, 6) is -0.280. The molecule has 1 aromatic heterocycles. The Labute approximate surface area is 203 Å². The Morgan fingerprint density at radius 2 is 1.71 bits per heavy atom. The fourth-order valence-corrected chi connectivity index (χ4v) is 3.67. The first-order valence-electron chi connectivity index (χ1n) is 12.2. The predicted molar refractivity (Wildman–Crippen MR) is 139 cm³/mol. The van der Waals surface area contributed by atoms with E-state index in [0.717, 1.165) is 28.8 Å². The molecule has 0 aliphatic heterocycles. The topological polar surface area (TPSA) is 63.2 Å². The molecule has 2 N–H and O–H groups in total. The molecule has 0 saturated heterocycles. The van der Waals surface area contributed by atoms with Crippen LogP contribution in [-0.2, 0) is 18.0 Å². The zero-order valence-corrected chi connectivity index (χ0v) is 20.0. The lowest BCUT2D eigenvalue weighted by atomic mass is 10.1.